The van der Waals surface area contributed by atoms with Crippen LogP contribution in [0.4, 0.5) is 9.59 Å². The Morgan fingerprint density at radius 2 is 1.38 bits per heavy atom. The van der Waals surface area contributed by atoms with Gasteiger partial charge in [0, 0.05) is 38.7 Å². The first-order valence-corrected chi connectivity index (χ1v) is 8.27. The molecule has 24 heavy (non-hydrogen) atoms. The van der Waals surface area contributed by atoms with Crippen molar-refractivity contribution >= 4 is 18.5 Å². The number of piperidine rings is 2. The minimum Gasteiger partial charge on any atom is -0.453 e. The molecule has 0 unspecified atom stereocenters. The number of hydrogen-bond acceptors (Lipinski definition) is 6. The fourth-order valence-corrected chi connectivity index (χ4v) is 2.77. The number of hydrogen-bond donors (Lipinski definition) is 1. The number of carbonyl (C=O) groups excluding carboxylic acids is 3. The molecule has 0 saturated carbocycles. The van der Waals surface area contributed by atoms with Gasteiger partial charge in [0.1, 0.15) is 6.29 Å². The molecule has 138 valence electrons. The summed E-state index contributed by atoms with van der Waals surface area (Å²) >= 11 is 0. The van der Waals surface area contributed by atoms with Crippen LogP contribution in [0.5, 0.6) is 0 Å². The van der Waals surface area contributed by atoms with Crippen molar-refractivity contribution in [1.29, 1.82) is 0 Å². The van der Waals surface area contributed by atoms with Crippen LogP contribution in [0.25, 0.3) is 0 Å². The van der Waals surface area contributed by atoms with Crippen LogP contribution < -0.4 is 0 Å². The van der Waals surface area contributed by atoms with Gasteiger partial charge in [0.25, 0.3) is 0 Å². The van der Waals surface area contributed by atoms with E-state index in [1.54, 1.807) is 9.80 Å². The van der Waals surface area contributed by atoms with Crippen LogP contribution in [0, 0.1) is 11.8 Å². The Morgan fingerprint density at radius 1 is 0.958 bits per heavy atom. The predicted molar refractivity (Wildman–Crippen MR) is 86.6 cm³/mol. The van der Waals surface area contributed by atoms with Crippen molar-refractivity contribution in [1.82, 2.24) is 9.80 Å². The van der Waals surface area contributed by atoms with E-state index < -0.39 is 0 Å². The lowest BCUT2D eigenvalue weighted by Gasteiger charge is -2.29. The van der Waals surface area contributed by atoms with Gasteiger partial charge in [-0.05, 0) is 31.6 Å². The molecule has 0 radical (unpaired) electrons. The molecule has 0 aliphatic carbocycles. The summed E-state index contributed by atoms with van der Waals surface area (Å²) in [6, 6.07) is 0. The van der Waals surface area contributed by atoms with E-state index in [1.165, 1.54) is 14.2 Å². The van der Waals surface area contributed by atoms with Crippen molar-refractivity contribution in [2.75, 3.05) is 47.0 Å². The number of amides is 2. The van der Waals surface area contributed by atoms with E-state index in [1.807, 2.05) is 0 Å². The normalized spacial score (nSPS) is 19.1. The molecule has 8 nitrogen and oxygen atoms in total. The molecular weight excluding hydrogens is 316 g/mol. The maximum absolute atomic E-state index is 11.0. The second-order valence-corrected chi connectivity index (χ2v) is 6.01. The van der Waals surface area contributed by atoms with Crippen LogP contribution in [0.3, 0.4) is 0 Å². The van der Waals surface area contributed by atoms with Gasteiger partial charge in [0.2, 0.25) is 0 Å². The molecule has 2 aliphatic heterocycles. The highest BCUT2D eigenvalue weighted by Gasteiger charge is 2.23. The topological polar surface area (TPSA) is 96.4 Å². The van der Waals surface area contributed by atoms with E-state index in [0.29, 0.717) is 32.1 Å². The Bertz CT molecular complexity index is 401. The SMILES string of the molecule is COC(=O)N1CCC(C=O)CC1.COC(=O)N1CCC(CO)CC1. The fourth-order valence-electron chi connectivity index (χ4n) is 2.77. The van der Waals surface area contributed by atoms with Gasteiger partial charge < -0.3 is 29.2 Å². The highest BCUT2D eigenvalue weighted by Crippen LogP contribution is 2.16. The molecular formula is C16H28N2O6. The lowest BCUT2D eigenvalue weighted by Crippen LogP contribution is -2.39. The largest absolute Gasteiger partial charge is 0.453 e. The summed E-state index contributed by atoms with van der Waals surface area (Å²) in [7, 11) is 2.76. The van der Waals surface area contributed by atoms with Crippen molar-refractivity contribution in [2.24, 2.45) is 11.8 Å². The first-order chi connectivity index (χ1) is 11.5. The Morgan fingerprint density at radius 3 is 1.71 bits per heavy atom. The van der Waals surface area contributed by atoms with Gasteiger partial charge in [0.15, 0.2) is 0 Å². The molecule has 0 spiro atoms. The minimum atomic E-state index is -0.292. The molecule has 2 rings (SSSR count). The molecule has 2 fully saturated rings. The molecule has 8 heteroatoms. The van der Waals surface area contributed by atoms with Crippen LogP contribution in [0.2, 0.25) is 0 Å². The predicted octanol–water partition coefficient (Wildman–Crippen LogP) is 1.12. The number of aldehydes is 1. The second kappa shape index (κ2) is 10.9. The number of aliphatic hydroxyl groups is 1. The third-order valence-electron chi connectivity index (χ3n) is 4.47. The second-order valence-electron chi connectivity index (χ2n) is 6.01. The Labute approximate surface area is 142 Å². The summed E-state index contributed by atoms with van der Waals surface area (Å²) in [4.78, 5) is 35.6. The lowest BCUT2D eigenvalue weighted by atomic mass is 9.98. The number of ether oxygens (including phenoxy) is 2. The van der Waals surface area contributed by atoms with Gasteiger partial charge in [-0.15, -0.1) is 0 Å². The zero-order valence-corrected chi connectivity index (χ0v) is 14.5. The highest BCUT2D eigenvalue weighted by atomic mass is 16.5. The van der Waals surface area contributed by atoms with E-state index in [-0.39, 0.29) is 24.7 Å². The van der Waals surface area contributed by atoms with Crippen LogP contribution in [0.15, 0.2) is 0 Å². The molecule has 2 aliphatic rings. The van der Waals surface area contributed by atoms with Gasteiger partial charge in [-0.1, -0.05) is 0 Å². The van der Waals surface area contributed by atoms with E-state index in [0.717, 1.165) is 32.0 Å². The summed E-state index contributed by atoms with van der Waals surface area (Å²) in [5.41, 5.74) is 0. The van der Waals surface area contributed by atoms with E-state index in [4.69, 9.17) is 5.11 Å². The standard InChI is InChI=1S/C8H15NO3.C8H13NO3/c2*1-12-8(11)9-4-2-7(6-10)3-5-9/h7,10H,2-6H2,1H3;6-7H,2-5H2,1H3. The zero-order chi connectivity index (χ0) is 17.9. The first-order valence-electron chi connectivity index (χ1n) is 8.27. The average molecular weight is 344 g/mol. The molecule has 0 bridgehead atoms. The Balaban J connectivity index is 0.000000240. The quantitative estimate of drug-likeness (QED) is 0.754. The average Bonchev–Trinajstić information content (AvgIpc) is 2.67. The number of carbonyl (C=O) groups is 3. The first kappa shape index (κ1) is 20.2. The fraction of sp³-hybridized carbons (Fsp3) is 0.812. The van der Waals surface area contributed by atoms with Crippen molar-refractivity contribution in [3.05, 3.63) is 0 Å². The summed E-state index contributed by atoms with van der Waals surface area (Å²) in [5.74, 6) is 0.497. The van der Waals surface area contributed by atoms with E-state index in [2.05, 4.69) is 9.47 Å². The number of likely N-dealkylation sites (tertiary alicyclic amines) is 2. The van der Waals surface area contributed by atoms with Gasteiger partial charge in [-0.25, -0.2) is 9.59 Å². The summed E-state index contributed by atoms with van der Waals surface area (Å²) < 4.78 is 9.14. The number of rotatable bonds is 2. The molecule has 2 saturated heterocycles. The van der Waals surface area contributed by atoms with Crippen LogP contribution in [-0.4, -0.2) is 80.4 Å². The third kappa shape index (κ3) is 6.35. The molecule has 0 aromatic carbocycles. The highest BCUT2D eigenvalue weighted by molar-refractivity contribution is 5.68. The summed E-state index contributed by atoms with van der Waals surface area (Å²) in [5, 5.41) is 8.84. The van der Waals surface area contributed by atoms with Crippen molar-refractivity contribution in [2.45, 2.75) is 25.7 Å². The van der Waals surface area contributed by atoms with E-state index >= 15 is 0 Å². The smallest absolute Gasteiger partial charge is 0.409 e. The third-order valence-corrected chi connectivity index (χ3v) is 4.47. The van der Waals surface area contributed by atoms with Gasteiger partial charge in [-0.3, -0.25) is 0 Å². The van der Waals surface area contributed by atoms with E-state index in [9.17, 15) is 14.4 Å². The molecule has 2 heterocycles. The van der Waals surface area contributed by atoms with Gasteiger partial charge in [0.05, 0.1) is 14.2 Å². The molecule has 0 aromatic heterocycles. The monoisotopic (exact) mass is 344 g/mol. The Hall–Kier alpha value is -1.83. The van der Waals surface area contributed by atoms with Crippen LogP contribution >= 0.6 is 0 Å². The van der Waals surface area contributed by atoms with Gasteiger partial charge in [-0.2, -0.15) is 0 Å². The van der Waals surface area contributed by atoms with Crippen molar-refractivity contribution in [3.8, 4) is 0 Å². The molecule has 1 N–H and O–H groups in total. The number of aliphatic hydroxyl groups excluding tert-OH is 1. The van der Waals surface area contributed by atoms with Crippen molar-refractivity contribution in [3.63, 3.8) is 0 Å². The summed E-state index contributed by atoms with van der Waals surface area (Å²) in [6.45, 7) is 2.91. The molecule has 0 atom stereocenters. The molecule has 2 amide bonds. The Kier molecular flexibility index (Phi) is 9.14. The maximum atomic E-state index is 11.0. The maximum Gasteiger partial charge on any atom is 0.409 e. The lowest BCUT2D eigenvalue weighted by molar-refractivity contribution is -0.112. The summed E-state index contributed by atoms with van der Waals surface area (Å²) in [6.07, 6.45) is 3.70. The van der Waals surface area contributed by atoms with Crippen LogP contribution in [-0.2, 0) is 14.3 Å². The number of nitrogens with zero attached hydrogens (tertiary/aromatic N) is 2. The van der Waals surface area contributed by atoms with Crippen LogP contribution in [0.1, 0.15) is 25.7 Å². The van der Waals surface area contributed by atoms with Crippen molar-refractivity contribution < 1.29 is 29.0 Å². The minimum absolute atomic E-state index is 0.130. The number of methoxy groups -OCH3 is 2. The van der Waals surface area contributed by atoms with Gasteiger partial charge >= 0.3 is 12.2 Å². The molecule has 0 aromatic rings. The zero-order valence-electron chi connectivity index (χ0n) is 14.5.